The maximum atomic E-state index is 12.8. The van der Waals surface area contributed by atoms with Gasteiger partial charge in [-0.2, -0.15) is 10.4 Å². The fourth-order valence-electron chi connectivity index (χ4n) is 3.74. The molecule has 1 amide bonds. The van der Waals surface area contributed by atoms with Gasteiger partial charge in [0.2, 0.25) is 5.91 Å². The van der Waals surface area contributed by atoms with Gasteiger partial charge in [-0.15, -0.1) is 0 Å². The summed E-state index contributed by atoms with van der Waals surface area (Å²) in [4.78, 5) is 27.5. The van der Waals surface area contributed by atoms with Crippen LogP contribution in [0.25, 0.3) is 5.69 Å². The number of esters is 1. The van der Waals surface area contributed by atoms with Crippen LogP contribution in [0.2, 0.25) is 0 Å². The number of hydrogen-bond acceptors (Lipinski definition) is 6. The monoisotopic (exact) mass is 459 g/mol. The minimum absolute atomic E-state index is 0.0581. The zero-order valence-corrected chi connectivity index (χ0v) is 18.9. The minimum atomic E-state index is -1.13. The summed E-state index contributed by atoms with van der Waals surface area (Å²) in [6.07, 6.45) is 0.820. The number of anilines is 1. The molecule has 0 saturated carbocycles. The number of rotatable bonds is 5. The molecule has 0 aliphatic carbocycles. The molecule has 1 saturated heterocycles. The lowest BCUT2D eigenvalue weighted by molar-refractivity contribution is -0.123. The van der Waals surface area contributed by atoms with E-state index in [0.717, 1.165) is 16.9 Å². The van der Waals surface area contributed by atoms with Crippen LogP contribution in [0.15, 0.2) is 60.8 Å². The average Bonchev–Trinajstić information content (AvgIpc) is 3.26. The molecule has 1 aromatic heterocycles. The van der Waals surface area contributed by atoms with E-state index in [9.17, 15) is 14.9 Å². The fourth-order valence-corrected chi connectivity index (χ4v) is 4.11. The Labute approximate surface area is 196 Å². The Morgan fingerprint density at radius 3 is 2.58 bits per heavy atom. The lowest BCUT2D eigenvalue weighted by atomic mass is 10.0. The van der Waals surface area contributed by atoms with E-state index in [-0.39, 0.29) is 17.3 Å². The van der Waals surface area contributed by atoms with Gasteiger partial charge in [0.15, 0.2) is 11.6 Å². The summed E-state index contributed by atoms with van der Waals surface area (Å²) < 4.78 is 6.80. The molecule has 2 atom stereocenters. The van der Waals surface area contributed by atoms with Crippen molar-refractivity contribution in [2.75, 3.05) is 11.5 Å². The third kappa shape index (κ3) is 4.08. The molecular formula is C24H21N5O3S. The van der Waals surface area contributed by atoms with Crippen LogP contribution in [-0.2, 0) is 9.53 Å². The first kappa shape index (κ1) is 22.2. The predicted octanol–water partition coefficient (Wildman–Crippen LogP) is 3.46. The lowest BCUT2D eigenvalue weighted by Crippen LogP contribution is -2.56. The summed E-state index contributed by atoms with van der Waals surface area (Å²) in [7, 11) is 0. The van der Waals surface area contributed by atoms with Crippen molar-refractivity contribution in [3.63, 3.8) is 0 Å². The highest BCUT2D eigenvalue weighted by atomic mass is 32.1. The Morgan fingerprint density at radius 1 is 1.21 bits per heavy atom. The van der Waals surface area contributed by atoms with Crippen molar-refractivity contribution >= 4 is 34.8 Å². The van der Waals surface area contributed by atoms with Gasteiger partial charge in [-0.1, -0.05) is 48.6 Å². The van der Waals surface area contributed by atoms with Gasteiger partial charge in [0.1, 0.15) is 11.2 Å². The number of nitrogens with one attached hydrogen (secondary N) is 1. The van der Waals surface area contributed by atoms with E-state index in [1.165, 1.54) is 0 Å². The number of carbonyl (C=O) groups is 2. The van der Waals surface area contributed by atoms with Gasteiger partial charge in [0, 0.05) is 17.4 Å². The first-order valence-electron chi connectivity index (χ1n) is 10.4. The van der Waals surface area contributed by atoms with Gasteiger partial charge in [-0.05, 0) is 37.6 Å². The zero-order chi connectivity index (χ0) is 23.5. The Morgan fingerprint density at radius 2 is 1.91 bits per heavy atom. The summed E-state index contributed by atoms with van der Waals surface area (Å²) in [5.41, 5.74) is 2.81. The van der Waals surface area contributed by atoms with Crippen molar-refractivity contribution in [2.24, 2.45) is 5.92 Å². The molecule has 9 heteroatoms. The summed E-state index contributed by atoms with van der Waals surface area (Å²) in [5, 5.41) is 16.9. The summed E-state index contributed by atoms with van der Waals surface area (Å²) >= 11 is 5.60. The van der Waals surface area contributed by atoms with E-state index >= 15 is 0 Å². The molecule has 0 bridgehead atoms. The van der Waals surface area contributed by atoms with Crippen molar-refractivity contribution in [3.05, 3.63) is 77.6 Å². The van der Waals surface area contributed by atoms with Gasteiger partial charge >= 0.3 is 5.97 Å². The molecule has 0 spiro atoms. The van der Waals surface area contributed by atoms with E-state index in [1.54, 1.807) is 22.7 Å². The minimum Gasteiger partial charge on any atom is -0.461 e. The largest absolute Gasteiger partial charge is 0.461 e. The second-order valence-electron chi connectivity index (χ2n) is 7.40. The number of carbonyl (C=O) groups excluding carboxylic acids is 2. The fraction of sp³-hybridized carbons (Fsp3) is 0.208. The van der Waals surface area contributed by atoms with E-state index in [0.29, 0.717) is 5.56 Å². The predicted molar refractivity (Wildman–Crippen MR) is 126 cm³/mol. The number of nitriles is 1. The third-order valence-corrected chi connectivity index (χ3v) is 5.75. The smallest absolute Gasteiger partial charge is 0.359 e. The molecule has 1 aliphatic rings. The Bertz CT molecular complexity index is 1260. The molecular weight excluding hydrogens is 438 g/mol. The topological polar surface area (TPSA) is 100 Å². The molecule has 1 N–H and O–H groups in total. The van der Waals surface area contributed by atoms with E-state index in [2.05, 4.69) is 10.4 Å². The highest BCUT2D eigenvalue weighted by molar-refractivity contribution is 7.80. The number of amides is 1. The summed E-state index contributed by atoms with van der Waals surface area (Å²) in [6, 6.07) is 18.8. The Balaban J connectivity index is 1.90. The molecule has 1 fully saturated rings. The van der Waals surface area contributed by atoms with E-state index in [4.69, 9.17) is 17.0 Å². The quantitative estimate of drug-likeness (QED) is 0.461. The van der Waals surface area contributed by atoms with Gasteiger partial charge in [-0.25, -0.2) is 9.48 Å². The van der Waals surface area contributed by atoms with E-state index < -0.39 is 24.0 Å². The van der Waals surface area contributed by atoms with Gasteiger partial charge in [-0.3, -0.25) is 4.79 Å². The number of nitrogens with zero attached hydrogens (tertiary/aromatic N) is 4. The van der Waals surface area contributed by atoms with Gasteiger partial charge in [0.05, 0.1) is 18.4 Å². The third-order valence-electron chi connectivity index (χ3n) is 5.31. The molecule has 166 valence electrons. The van der Waals surface area contributed by atoms with Crippen LogP contribution >= 0.6 is 12.2 Å². The number of para-hydroxylation sites is 2. The number of hydrogen-bond donors (Lipinski definition) is 1. The first-order valence-corrected chi connectivity index (χ1v) is 10.8. The van der Waals surface area contributed by atoms with Crippen LogP contribution in [0.1, 0.15) is 34.7 Å². The highest BCUT2D eigenvalue weighted by Gasteiger charge is 2.42. The molecule has 4 rings (SSSR count). The zero-order valence-electron chi connectivity index (χ0n) is 18.1. The first-order chi connectivity index (χ1) is 16.0. The molecule has 1 aliphatic heterocycles. The SMILES string of the molecule is CCOC(=O)c1nn(-c2ccccc2)cc1C1NC(=O)C(C#N)C(=S)N1c1ccccc1C. The molecule has 3 aromatic rings. The number of benzene rings is 2. The molecule has 2 unspecified atom stereocenters. The number of thiocarbonyl (C=S) groups is 1. The van der Waals surface area contributed by atoms with Crippen LogP contribution in [0, 0.1) is 24.2 Å². The van der Waals surface area contributed by atoms with Gasteiger partial charge < -0.3 is 15.0 Å². The highest BCUT2D eigenvalue weighted by Crippen LogP contribution is 2.35. The van der Waals surface area contributed by atoms with Crippen molar-refractivity contribution in [3.8, 4) is 11.8 Å². The summed E-state index contributed by atoms with van der Waals surface area (Å²) in [5.74, 6) is -2.28. The van der Waals surface area contributed by atoms with Crippen LogP contribution < -0.4 is 10.2 Å². The van der Waals surface area contributed by atoms with E-state index in [1.807, 2.05) is 67.6 Å². The molecule has 33 heavy (non-hydrogen) atoms. The van der Waals surface area contributed by atoms with Crippen molar-refractivity contribution in [1.29, 1.82) is 5.26 Å². The average molecular weight is 460 g/mol. The molecule has 8 nitrogen and oxygen atoms in total. The second kappa shape index (κ2) is 9.22. The normalized spacial score (nSPS) is 17.9. The number of aryl methyl sites for hydroxylation is 1. The van der Waals surface area contributed by atoms with Crippen LogP contribution in [0.4, 0.5) is 5.69 Å². The summed E-state index contributed by atoms with van der Waals surface area (Å²) in [6.45, 7) is 3.79. The maximum absolute atomic E-state index is 12.8. The van der Waals surface area contributed by atoms with Crippen LogP contribution in [0.5, 0.6) is 0 Å². The van der Waals surface area contributed by atoms with Gasteiger partial charge in [0.25, 0.3) is 0 Å². The molecule has 2 heterocycles. The number of aromatic nitrogens is 2. The maximum Gasteiger partial charge on any atom is 0.359 e. The van der Waals surface area contributed by atoms with Crippen molar-refractivity contribution in [1.82, 2.24) is 15.1 Å². The number of ether oxygens (including phenoxy) is 1. The Hall–Kier alpha value is -4.03. The van der Waals surface area contributed by atoms with Crippen LogP contribution in [0.3, 0.4) is 0 Å². The van der Waals surface area contributed by atoms with Crippen LogP contribution in [-0.4, -0.2) is 33.3 Å². The van der Waals surface area contributed by atoms with Crippen molar-refractivity contribution in [2.45, 2.75) is 20.0 Å². The standard InChI is InChI=1S/C24H21N5O3S/c1-3-32-24(31)20-18(14-28(27-20)16-10-5-4-6-11-16)21-26-22(30)17(13-25)23(33)29(21)19-12-8-7-9-15(19)2/h4-12,14,17,21H,3H2,1-2H3,(H,26,30). The Kier molecular flexibility index (Phi) is 6.20. The second-order valence-corrected chi connectivity index (χ2v) is 7.82. The molecule has 2 aromatic carbocycles. The lowest BCUT2D eigenvalue weighted by Gasteiger charge is -2.40. The van der Waals surface area contributed by atoms with Crippen molar-refractivity contribution < 1.29 is 14.3 Å². The molecule has 0 radical (unpaired) electrons.